The minimum atomic E-state index is -0.262. The van der Waals surface area contributed by atoms with Crippen LogP contribution in [0.3, 0.4) is 0 Å². The van der Waals surface area contributed by atoms with Gasteiger partial charge in [0.05, 0.1) is 21.3 Å². The zero-order chi connectivity index (χ0) is 14.2. The summed E-state index contributed by atoms with van der Waals surface area (Å²) in [6.45, 7) is 2.54. The fourth-order valence-electron chi connectivity index (χ4n) is 2.11. The fourth-order valence-corrected chi connectivity index (χ4v) is 3.40. The average Bonchev–Trinajstić information content (AvgIpc) is 2.61. The zero-order valence-corrected chi connectivity index (χ0v) is 13.7. The molecule has 1 aromatic carbocycles. The molecule has 2 N–H and O–H groups in total. The molecule has 4 nitrogen and oxygen atoms in total. The van der Waals surface area contributed by atoms with Crippen molar-refractivity contribution >= 4 is 49.4 Å². The number of nitrogens with two attached hydrogens (primary N) is 1. The molecule has 0 saturated carbocycles. The van der Waals surface area contributed by atoms with E-state index in [9.17, 15) is 9.59 Å². The Kier molecular flexibility index (Phi) is 4.30. The number of benzene rings is 1. The van der Waals surface area contributed by atoms with Crippen molar-refractivity contribution < 1.29 is 9.59 Å². The first kappa shape index (κ1) is 14.5. The van der Waals surface area contributed by atoms with Crippen LogP contribution in [0.1, 0.15) is 46.9 Å². The molecule has 0 unspecified atom stereocenters. The number of hydrogen-bond acceptors (Lipinski definition) is 3. The van der Waals surface area contributed by atoms with Gasteiger partial charge in [0.25, 0.3) is 11.8 Å². The van der Waals surface area contributed by atoms with Gasteiger partial charge < -0.3 is 5.73 Å². The van der Waals surface area contributed by atoms with Crippen molar-refractivity contribution in [1.82, 2.24) is 4.90 Å². The van der Waals surface area contributed by atoms with E-state index in [1.807, 2.05) is 0 Å². The fraction of sp³-hybridized carbons (Fsp3) is 0.385. The number of rotatable bonds is 4. The molecule has 2 rings (SSSR count). The van der Waals surface area contributed by atoms with Gasteiger partial charge in [0.2, 0.25) is 0 Å². The van der Waals surface area contributed by atoms with Crippen molar-refractivity contribution in [3.8, 4) is 0 Å². The van der Waals surface area contributed by atoms with E-state index in [0.717, 1.165) is 19.3 Å². The number of fused-ring (bicyclic) bond motifs is 1. The maximum Gasteiger partial charge on any atom is 0.262 e. The molecular weight excluding hydrogens is 376 g/mol. The first-order valence-corrected chi connectivity index (χ1v) is 7.71. The second-order valence-electron chi connectivity index (χ2n) is 4.48. The molecule has 6 heteroatoms. The SMILES string of the molecule is CCCCCN1C(=O)c2cc(Br)c(N)c(Br)c2C1=O. The molecule has 1 aliphatic heterocycles. The van der Waals surface area contributed by atoms with Crippen LogP contribution in [0.5, 0.6) is 0 Å². The second kappa shape index (κ2) is 5.63. The molecule has 0 radical (unpaired) electrons. The molecule has 102 valence electrons. The van der Waals surface area contributed by atoms with Gasteiger partial charge in [-0.2, -0.15) is 0 Å². The number of halogens is 2. The third kappa shape index (κ3) is 2.43. The number of unbranched alkanes of at least 4 members (excludes halogenated alkanes) is 2. The van der Waals surface area contributed by atoms with Gasteiger partial charge >= 0.3 is 0 Å². The van der Waals surface area contributed by atoms with Crippen LogP contribution in [0.25, 0.3) is 0 Å². The molecule has 19 heavy (non-hydrogen) atoms. The van der Waals surface area contributed by atoms with Gasteiger partial charge in [0.15, 0.2) is 0 Å². The Morgan fingerprint density at radius 1 is 1.21 bits per heavy atom. The van der Waals surface area contributed by atoms with Gasteiger partial charge in [-0.3, -0.25) is 14.5 Å². The third-order valence-electron chi connectivity index (χ3n) is 3.17. The van der Waals surface area contributed by atoms with E-state index in [-0.39, 0.29) is 11.8 Å². The largest absolute Gasteiger partial charge is 0.397 e. The third-order valence-corrected chi connectivity index (χ3v) is 4.65. The Morgan fingerprint density at radius 3 is 2.53 bits per heavy atom. The van der Waals surface area contributed by atoms with Crippen molar-refractivity contribution in [1.29, 1.82) is 0 Å². The van der Waals surface area contributed by atoms with Crippen molar-refractivity contribution in [2.24, 2.45) is 0 Å². The summed E-state index contributed by atoms with van der Waals surface area (Å²) in [5.41, 5.74) is 7.08. The summed E-state index contributed by atoms with van der Waals surface area (Å²) in [5, 5.41) is 0. The monoisotopic (exact) mass is 388 g/mol. The van der Waals surface area contributed by atoms with Gasteiger partial charge in [-0.1, -0.05) is 19.8 Å². The summed E-state index contributed by atoms with van der Waals surface area (Å²) >= 11 is 6.60. The molecule has 0 aromatic heterocycles. The molecule has 2 amide bonds. The Labute approximate surface area is 128 Å². The molecule has 1 aliphatic rings. The summed E-state index contributed by atoms with van der Waals surface area (Å²) in [7, 11) is 0. The standard InChI is InChI=1S/C13H14Br2N2O2/c1-2-3-4-5-17-12(18)7-6-8(14)11(16)10(15)9(7)13(17)19/h6H,2-5,16H2,1H3. The van der Waals surface area contributed by atoms with E-state index in [0.29, 0.717) is 32.3 Å². The topological polar surface area (TPSA) is 63.4 Å². The number of nitrogens with zero attached hydrogens (tertiary/aromatic N) is 1. The van der Waals surface area contributed by atoms with Crippen LogP contribution in [-0.4, -0.2) is 23.3 Å². The highest BCUT2D eigenvalue weighted by atomic mass is 79.9. The highest BCUT2D eigenvalue weighted by Gasteiger charge is 2.38. The van der Waals surface area contributed by atoms with Crippen LogP contribution in [0.2, 0.25) is 0 Å². The molecule has 1 heterocycles. The number of anilines is 1. The van der Waals surface area contributed by atoms with E-state index in [4.69, 9.17) is 5.73 Å². The van der Waals surface area contributed by atoms with Crippen LogP contribution in [0, 0.1) is 0 Å². The van der Waals surface area contributed by atoms with Gasteiger partial charge in [-0.25, -0.2) is 0 Å². The Morgan fingerprint density at radius 2 is 1.89 bits per heavy atom. The lowest BCUT2D eigenvalue weighted by Gasteiger charge is -2.12. The minimum absolute atomic E-state index is 0.238. The molecule has 1 aromatic rings. The van der Waals surface area contributed by atoms with Crippen molar-refractivity contribution in [3.05, 3.63) is 26.1 Å². The lowest BCUT2D eigenvalue weighted by Crippen LogP contribution is -2.30. The predicted molar refractivity (Wildman–Crippen MR) is 81.1 cm³/mol. The highest BCUT2D eigenvalue weighted by Crippen LogP contribution is 2.38. The quantitative estimate of drug-likeness (QED) is 0.486. The summed E-state index contributed by atoms with van der Waals surface area (Å²) < 4.78 is 1.11. The van der Waals surface area contributed by atoms with Crippen LogP contribution in [-0.2, 0) is 0 Å². The molecule has 0 bridgehead atoms. The smallest absolute Gasteiger partial charge is 0.262 e. The highest BCUT2D eigenvalue weighted by molar-refractivity contribution is 9.11. The summed E-state index contributed by atoms with van der Waals surface area (Å²) in [6.07, 6.45) is 2.88. The Bertz CT molecular complexity index is 558. The number of imide groups is 1. The molecule has 0 atom stereocenters. The predicted octanol–water partition coefficient (Wildman–Crippen LogP) is 3.58. The summed E-state index contributed by atoms with van der Waals surface area (Å²) in [4.78, 5) is 25.8. The second-order valence-corrected chi connectivity index (χ2v) is 6.12. The van der Waals surface area contributed by atoms with Gasteiger partial charge in [-0.05, 0) is 44.3 Å². The van der Waals surface area contributed by atoms with Crippen LogP contribution < -0.4 is 5.73 Å². The van der Waals surface area contributed by atoms with E-state index in [1.165, 1.54) is 4.90 Å². The normalized spacial score (nSPS) is 14.2. The van der Waals surface area contributed by atoms with E-state index >= 15 is 0 Å². The number of nitrogen functional groups attached to an aromatic ring is 1. The average molecular weight is 390 g/mol. The molecular formula is C13H14Br2N2O2. The van der Waals surface area contributed by atoms with Gasteiger partial charge in [-0.15, -0.1) is 0 Å². The Balaban J connectivity index is 2.36. The zero-order valence-electron chi connectivity index (χ0n) is 10.5. The minimum Gasteiger partial charge on any atom is -0.397 e. The molecule has 0 saturated heterocycles. The van der Waals surface area contributed by atoms with Crippen molar-refractivity contribution in [2.45, 2.75) is 26.2 Å². The lowest BCUT2D eigenvalue weighted by atomic mass is 10.1. The van der Waals surface area contributed by atoms with Crippen LogP contribution >= 0.6 is 31.9 Å². The summed E-state index contributed by atoms with van der Waals surface area (Å²) in [6, 6.07) is 1.62. The first-order chi connectivity index (χ1) is 8.99. The Hall–Kier alpha value is -0.880. The summed E-state index contributed by atoms with van der Waals surface area (Å²) in [5.74, 6) is -0.500. The first-order valence-electron chi connectivity index (χ1n) is 6.12. The lowest BCUT2D eigenvalue weighted by molar-refractivity contribution is 0.0651. The van der Waals surface area contributed by atoms with E-state index in [1.54, 1.807) is 6.07 Å². The van der Waals surface area contributed by atoms with Crippen LogP contribution in [0.15, 0.2) is 15.0 Å². The molecule has 0 spiro atoms. The molecule has 0 aliphatic carbocycles. The number of carbonyl (C=O) groups excluding carboxylic acids is 2. The maximum atomic E-state index is 12.3. The van der Waals surface area contributed by atoms with Crippen molar-refractivity contribution in [2.75, 3.05) is 12.3 Å². The van der Waals surface area contributed by atoms with E-state index in [2.05, 4.69) is 38.8 Å². The number of amides is 2. The van der Waals surface area contributed by atoms with E-state index < -0.39 is 0 Å². The number of hydrogen-bond donors (Lipinski definition) is 1. The van der Waals surface area contributed by atoms with Crippen LogP contribution in [0.4, 0.5) is 5.69 Å². The number of carbonyl (C=O) groups is 2. The maximum absolute atomic E-state index is 12.3. The van der Waals surface area contributed by atoms with Gasteiger partial charge in [0.1, 0.15) is 0 Å². The van der Waals surface area contributed by atoms with Crippen molar-refractivity contribution in [3.63, 3.8) is 0 Å². The van der Waals surface area contributed by atoms with Gasteiger partial charge in [0, 0.05) is 11.0 Å². The molecule has 0 fully saturated rings.